The van der Waals surface area contributed by atoms with Crippen LogP contribution in [-0.2, 0) is 7.87 Å². The molecule has 0 aromatic carbocycles. The van der Waals surface area contributed by atoms with Gasteiger partial charge in [-0.3, -0.25) is 0 Å². The van der Waals surface area contributed by atoms with E-state index in [1.807, 2.05) is 19.0 Å². The zero-order valence-electron chi connectivity index (χ0n) is 7.97. The molecule has 66 valence electrons. The van der Waals surface area contributed by atoms with Gasteiger partial charge >= 0.3 is 73.0 Å². The second kappa shape index (κ2) is 4.30. The van der Waals surface area contributed by atoms with Crippen LogP contribution >= 0.6 is 0 Å². The first kappa shape index (κ1) is 11.2. The maximum atomic E-state index is 11.1. The summed E-state index contributed by atoms with van der Waals surface area (Å²) >= 11 is -2.33. The second-order valence-corrected chi connectivity index (χ2v) is 16.5. The van der Waals surface area contributed by atoms with Crippen molar-refractivity contribution in [3.63, 3.8) is 0 Å². The Morgan fingerprint density at radius 2 is 1.82 bits per heavy atom. The van der Waals surface area contributed by atoms with Crippen molar-refractivity contribution >= 4 is 24.8 Å². The summed E-state index contributed by atoms with van der Waals surface area (Å²) in [7, 11) is 3.72. The molecule has 0 aliphatic heterocycles. The van der Waals surface area contributed by atoms with Crippen LogP contribution in [0.5, 0.6) is 0 Å². The molecule has 0 aromatic rings. The van der Waals surface area contributed by atoms with E-state index in [2.05, 4.69) is 14.8 Å². The van der Waals surface area contributed by atoms with Gasteiger partial charge in [-0.15, -0.1) is 0 Å². The first-order chi connectivity index (χ1) is 4.81. The molecule has 0 heterocycles. The molecule has 3 nitrogen and oxygen atoms in total. The van der Waals surface area contributed by atoms with Crippen molar-refractivity contribution in [3.8, 4) is 0 Å². The van der Waals surface area contributed by atoms with Crippen LogP contribution in [0.1, 0.15) is 0 Å². The SMILES string of the molecule is CN(C)CC(=O)[O][Sn]([CH3])([CH3])[CH3]. The van der Waals surface area contributed by atoms with E-state index in [1.165, 1.54) is 0 Å². The molecule has 0 aliphatic carbocycles. The van der Waals surface area contributed by atoms with Gasteiger partial charge in [0.25, 0.3) is 0 Å². The fourth-order valence-corrected chi connectivity index (χ4v) is 2.77. The summed E-state index contributed by atoms with van der Waals surface area (Å²) in [6, 6.07) is 0. The Morgan fingerprint density at radius 1 is 1.36 bits per heavy atom. The van der Waals surface area contributed by atoms with Crippen molar-refractivity contribution in [2.24, 2.45) is 0 Å². The van der Waals surface area contributed by atoms with Crippen LogP contribution in [0.2, 0.25) is 14.8 Å². The van der Waals surface area contributed by atoms with Gasteiger partial charge in [-0.1, -0.05) is 0 Å². The Bertz CT molecular complexity index is 140. The Labute approximate surface area is 73.1 Å². The molecule has 0 rings (SSSR count). The van der Waals surface area contributed by atoms with Crippen LogP contribution in [0.3, 0.4) is 0 Å². The predicted molar refractivity (Wildman–Crippen MR) is 48.0 cm³/mol. The normalized spacial score (nSPS) is 11.8. The molecule has 0 radical (unpaired) electrons. The van der Waals surface area contributed by atoms with Crippen molar-refractivity contribution in [2.45, 2.75) is 14.8 Å². The molecule has 0 atom stereocenters. The van der Waals surface area contributed by atoms with Crippen molar-refractivity contribution in [1.29, 1.82) is 0 Å². The third kappa shape index (κ3) is 8.13. The first-order valence-electron chi connectivity index (χ1n) is 3.68. The molecule has 11 heavy (non-hydrogen) atoms. The molecule has 0 aromatic heterocycles. The van der Waals surface area contributed by atoms with E-state index in [0.717, 1.165) is 0 Å². The molecule has 0 unspecified atom stereocenters. The number of likely N-dealkylation sites (N-methyl/N-ethyl adjacent to an activating group) is 1. The zero-order valence-corrected chi connectivity index (χ0v) is 10.8. The van der Waals surface area contributed by atoms with E-state index in [9.17, 15) is 4.79 Å². The summed E-state index contributed by atoms with van der Waals surface area (Å²) in [4.78, 5) is 19.1. The summed E-state index contributed by atoms with van der Waals surface area (Å²) in [6.07, 6.45) is 0. The molecule has 0 amide bonds. The minimum absolute atomic E-state index is 0.0849. The van der Waals surface area contributed by atoms with E-state index in [-0.39, 0.29) is 5.97 Å². The zero-order chi connectivity index (χ0) is 9.07. The molecule has 0 bridgehead atoms. The number of carbonyl (C=O) groups excluding carboxylic acids is 1. The predicted octanol–water partition coefficient (Wildman–Crippen LogP) is 0.926. The van der Waals surface area contributed by atoms with E-state index in [1.54, 1.807) is 0 Å². The Balaban J connectivity index is 3.71. The van der Waals surface area contributed by atoms with Gasteiger partial charge in [0.1, 0.15) is 0 Å². The number of carbonyl (C=O) groups is 1. The molecule has 0 spiro atoms. The van der Waals surface area contributed by atoms with Gasteiger partial charge in [-0.25, -0.2) is 0 Å². The van der Waals surface area contributed by atoms with E-state index < -0.39 is 18.8 Å². The van der Waals surface area contributed by atoms with Crippen molar-refractivity contribution < 1.29 is 7.87 Å². The summed E-state index contributed by atoms with van der Waals surface area (Å²) in [5.41, 5.74) is 0. The summed E-state index contributed by atoms with van der Waals surface area (Å²) in [5.74, 6) is -0.0849. The third-order valence-corrected chi connectivity index (χ3v) is 3.26. The van der Waals surface area contributed by atoms with Crippen LogP contribution < -0.4 is 0 Å². The molecule has 0 saturated carbocycles. The fourth-order valence-electron chi connectivity index (χ4n) is 0.632. The van der Waals surface area contributed by atoms with E-state index in [4.69, 9.17) is 3.07 Å². The van der Waals surface area contributed by atoms with Gasteiger partial charge in [-0.05, 0) is 0 Å². The maximum absolute atomic E-state index is 11.1. The first-order valence-corrected chi connectivity index (χ1v) is 13.4. The number of nitrogens with zero attached hydrogens (tertiary/aromatic N) is 1. The summed E-state index contributed by atoms with van der Waals surface area (Å²) in [6.45, 7) is 0.397. The molecular formula is C7H17NO2Sn. The summed E-state index contributed by atoms with van der Waals surface area (Å²) < 4.78 is 5.28. The average molecular weight is 266 g/mol. The van der Waals surface area contributed by atoms with Crippen molar-refractivity contribution in [1.82, 2.24) is 4.90 Å². The van der Waals surface area contributed by atoms with Gasteiger partial charge in [0.15, 0.2) is 0 Å². The van der Waals surface area contributed by atoms with Gasteiger partial charge < -0.3 is 0 Å². The number of hydrogen-bond donors (Lipinski definition) is 0. The van der Waals surface area contributed by atoms with Crippen LogP contribution in [0.4, 0.5) is 0 Å². The topological polar surface area (TPSA) is 29.5 Å². The van der Waals surface area contributed by atoms with Crippen LogP contribution in [0.25, 0.3) is 0 Å². The van der Waals surface area contributed by atoms with Crippen LogP contribution in [0.15, 0.2) is 0 Å². The van der Waals surface area contributed by atoms with Gasteiger partial charge in [0, 0.05) is 0 Å². The molecule has 4 heteroatoms. The Hall–Kier alpha value is 0.229. The van der Waals surface area contributed by atoms with Crippen LogP contribution in [0, 0.1) is 0 Å². The molecule has 0 N–H and O–H groups in total. The summed E-state index contributed by atoms with van der Waals surface area (Å²) in [5, 5.41) is 0. The third-order valence-electron chi connectivity index (χ3n) is 0.865. The second-order valence-electron chi connectivity index (χ2n) is 3.82. The quantitative estimate of drug-likeness (QED) is 0.711. The Morgan fingerprint density at radius 3 is 2.09 bits per heavy atom. The standard InChI is InChI=1S/C4H9NO2.3CH3.Sn/c1-5(2)3-4(6)7;;;;/h3H2,1-2H3,(H,6,7);3*1H3;/q;;;;+1/p-1. The molecule has 0 aliphatic rings. The molecule has 0 fully saturated rings. The number of rotatable bonds is 3. The van der Waals surface area contributed by atoms with E-state index in [0.29, 0.717) is 6.54 Å². The van der Waals surface area contributed by atoms with E-state index >= 15 is 0 Å². The monoisotopic (exact) mass is 267 g/mol. The minimum atomic E-state index is -2.33. The number of hydrogen-bond acceptors (Lipinski definition) is 3. The average Bonchev–Trinajstić information content (AvgIpc) is 1.53. The molecular weight excluding hydrogens is 249 g/mol. The van der Waals surface area contributed by atoms with Gasteiger partial charge in [0.2, 0.25) is 0 Å². The Kier molecular flexibility index (Phi) is 4.39. The fraction of sp³-hybridized carbons (Fsp3) is 0.857. The van der Waals surface area contributed by atoms with Gasteiger partial charge in [0.05, 0.1) is 0 Å². The van der Waals surface area contributed by atoms with Crippen LogP contribution in [-0.4, -0.2) is 50.3 Å². The van der Waals surface area contributed by atoms with Crippen molar-refractivity contribution in [2.75, 3.05) is 20.6 Å². The molecule has 0 saturated heterocycles. The van der Waals surface area contributed by atoms with Gasteiger partial charge in [-0.2, -0.15) is 0 Å². The van der Waals surface area contributed by atoms with Crippen molar-refractivity contribution in [3.05, 3.63) is 0 Å².